The Balaban J connectivity index is 2.13. The van der Waals surface area contributed by atoms with Gasteiger partial charge in [0.15, 0.2) is 0 Å². The number of piperazine rings is 1. The van der Waals surface area contributed by atoms with Gasteiger partial charge in [-0.2, -0.15) is 0 Å². The first-order valence-corrected chi connectivity index (χ1v) is 9.29. The highest BCUT2D eigenvalue weighted by atomic mass is 16.5. The molecule has 2 rings (SSSR count). The highest BCUT2D eigenvalue weighted by Gasteiger charge is 2.39. The number of hydrogen-bond donors (Lipinski definition) is 3. The summed E-state index contributed by atoms with van der Waals surface area (Å²) >= 11 is 0. The molecule has 5 nitrogen and oxygen atoms in total. The minimum atomic E-state index is -0.551. The van der Waals surface area contributed by atoms with E-state index in [-0.39, 0.29) is 5.75 Å². The number of unbranched alkanes of at least 4 members (excludes halogenated alkanes) is 2. The maximum Gasteiger partial charge on any atom is 0.217 e. The van der Waals surface area contributed by atoms with Crippen LogP contribution in [0.4, 0.5) is 0 Å². The van der Waals surface area contributed by atoms with E-state index in [2.05, 4.69) is 36.3 Å². The van der Waals surface area contributed by atoms with Crippen LogP contribution >= 0.6 is 0 Å². The number of nitrogens with one attached hydrogen (secondary N) is 2. The molecule has 1 fully saturated rings. The summed E-state index contributed by atoms with van der Waals surface area (Å²) < 4.78 is 6.35. The summed E-state index contributed by atoms with van der Waals surface area (Å²) in [5.74, 6) is 0.472. The van der Waals surface area contributed by atoms with Crippen molar-refractivity contribution in [2.45, 2.75) is 58.3 Å². The molecule has 1 heterocycles. The van der Waals surface area contributed by atoms with Crippen LogP contribution in [0.15, 0.2) is 24.3 Å². The predicted octanol–water partition coefficient (Wildman–Crippen LogP) is 2.91. The Bertz CT molecular complexity index is 480. The van der Waals surface area contributed by atoms with Gasteiger partial charge in [-0.3, -0.25) is 5.32 Å². The second kappa shape index (κ2) is 9.25. The monoisotopic (exact) mass is 335 g/mol. The molecule has 1 aliphatic heterocycles. The van der Waals surface area contributed by atoms with Crippen molar-refractivity contribution < 1.29 is 9.84 Å². The maximum atomic E-state index is 9.48. The maximum absolute atomic E-state index is 9.48. The zero-order valence-electron chi connectivity index (χ0n) is 15.3. The summed E-state index contributed by atoms with van der Waals surface area (Å²) in [5.41, 5.74) is 0. The third-order valence-corrected chi connectivity index (χ3v) is 4.70. The van der Waals surface area contributed by atoms with Crippen LogP contribution in [0.5, 0.6) is 11.5 Å². The molecular weight excluding hydrogens is 302 g/mol. The highest BCUT2D eigenvalue weighted by Crippen LogP contribution is 2.26. The quantitative estimate of drug-likeness (QED) is 0.478. The molecular formula is C19H33N3O2. The topological polar surface area (TPSA) is 56.8 Å². The van der Waals surface area contributed by atoms with E-state index < -0.39 is 5.85 Å². The van der Waals surface area contributed by atoms with Gasteiger partial charge in [0, 0.05) is 32.6 Å². The number of aromatic hydroxyl groups is 1. The number of phenolic OH excluding ortho intramolecular Hbond substituents is 1. The second-order valence-electron chi connectivity index (χ2n) is 6.66. The van der Waals surface area contributed by atoms with Crippen LogP contribution in [0.1, 0.15) is 46.5 Å². The number of nitrogens with zero attached hydrogens (tertiary/aromatic N) is 1. The fourth-order valence-corrected chi connectivity index (χ4v) is 3.48. The molecule has 24 heavy (non-hydrogen) atoms. The number of rotatable bonds is 9. The second-order valence-corrected chi connectivity index (χ2v) is 6.66. The lowest BCUT2D eigenvalue weighted by molar-refractivity contribution is -0.126. The average molecular weight is 335 g/mol. The lowest BCUT2D eigenvalue weighted by Gasteiger charge is -2.48. The Morgan fingerprint density at radius 3 is 2.71 bits per heavy atom. The number of hydrogen-bond acceptors (Lipinski definition) is 5. The molecule has 5 heteroatoms. The third kappa shape index (κ3) is 5.10. The van der Waals surface area contributed by atoms with Crippen LogP contribution in [0, 0.1) is 0 Å². The Morgan fingerprint density at radius 2 is 2.04 bits per heavy atom. The van der Waals surface area contributed by atoms with E-state index in [1.807, 2.05) is 12.1 Å². The van der Waals surface area contributed by atoms with Crippen LogP contribution in [0.25, 0.3) is 0 Å². The summed E-state index contributed by atoms with van der Waals surface area (Å²) in [7, 11) is 0. The Morgan fingerprint density at radius 1 is 1.29 bits per heavy atom. The van der Waals surface area contributed by atoms with E-state index in [1.54, 1.807) is 12.1 Å². The smallest absolute Gasteiger partial charge is 0.217 e. The van der Waals surface area contributed by atoms with Gasteiger partial charge in [-0.05, 0) is 37.2 Å². The van der Waals surface area contributed by atoms with Crippen molar-refractivity contribution in [2.75, 3.05) is 26.2 Å². The summed E-state index contributed by atoms with van der Waals surface area (Å²) in [5, 5.41) is 16.5. The van der Waals surface area contributed by atoms with Gasteiger partial charge in [0.1, 0.15) is 11.5 Å². The summed E-state index contributed by atoms with van der Waals surface area (Å²) in [6.45, 7) is 10.2. The van der Waals surface area contributed by atoms with Crippen LogP contribution in [-0.2, 0) is 0 Å². The van der Waals surface area contributed by atoms with Crippen molar-refractivity contribution in [3.05, 3.63) is 24.3 Å². The van der Waals surface area contributed by atoms with Gasteiger partial charge in [0.05, 0.1) is 0 Å². The minimum Gasteiger partial charge on any atom is -0.508 e. The first-order chi connectivity index (χ1) is 11.6. The van der Waals surface area contributed by atoms with Crippen molar-refractivity contribution in [3.63, 3.8) is 0 Å². The highest BCUT2D eigenvalue weighted by molar-refractivity contribution is 5.30. The molecule has 0 bridgehead atoms. The van der Waals surface area contributed by atoms with E-state index in [1.165, 1.54) is 25.7 Å². The van der Waals surface area contributed by atoms with Gasteiger partial charge in [-0.1, -0.05) is 33.1 Å². The number of benzene rings is 1. The molecule has 0 radical (unpaired) electrons. The van der Waals surface area contributed by atoms with Gasteiger partial charge < -0.3 is 15.2 Å². The minimum absolute atomic E-state index is 0.257. The van der Waals surface area contributed by atoms with Gasteiger partial charge >= 0.3 is 0 Å². The molecule has 1 saturated heterocycles. The lowest BCUT2D eigenvalue weighted by Crippen LogP contribution is -2.68. The molecule has 0 amide bonds. The zero-order valence-corrected chi connectivity index (χ0v) is 15.3. The van der Waals surface area contributed by atoms with Crippen LogP contribution < -0.4 is 15.4 Å². The van der Waals surface area contributed by atoms with Crippen LogP contribution in [0.3, 0.4) is 0 Å². The Labute approximate surface area is 146 Å². The van der Waals surface area contributed by atoms with Crippen molar-refractivity contribution in [3.8, 4) is 11.5 Å². The van der Waals surface area contributed by atoms with Gasteiger partial charge in [-0.25, -0.2) is 4.90 Å². The molecule has 2 atom stereocenters. The van der Waals surface area contributed by atoms with E-state index in [4.69, 9.17) is 4.74 Å². The number of phenols is 1. The molecule has 0 aromatic heterocycles. The van der Waals surface area contributed by atoms with Crippen molar-refractivity contribution in [1.29, 1.82) is 0 Å². The van der Waals surface area contributed by atoms with Gasteiger partial charge in [-0.15, -0.1) is 0 Å². The fraction of sp³-hybridized carbons (Fsp3) is 0.684. The SMILES string of the molecule is CCCCCC1CNCCN1C(C)(NCC)Oc1ccc(O)cc1. The van der Waals surface area contributed by atoms with Crippen molar-refractivity contribution in [2.24, 2.45) is 0 Å². The average Bonchev–Trinajstić information content (AvgIpc) is 2.58. The standard InChI is InChI=1S/C19H33N3O2/c1-4-6-7-8-16-15-20-13-14-22(16)19(3,21-5-2)24-18-11-9-17(23)10-12-18/h9-12,16,20-21,23H,4-8,13-15H2,1-3H3. The normalized spacial score (nSPS) is 21.4. The number of ether oxygens (including phenoxy) is 1. The van der Waals surface area contributed by atoms with Crippen molar-refractivity contribution in [1.82, 2.24) is 15.5 Å². The largest absolute Gasteiger partial charge is 0.508 e. The van der Waals surface area contributed by atoms with Gasteiger partial charge in [0.25, 0.3) is 0 Å². The molecule has 136 valence electrons. The van der Waals surface area contributed by atoms with E-state index in [9.17, 15) is 5.11 Å². The van der Waals surface area contributed by atoms with Crippen molar-refractivity contribution >= 4 is 0 Å². The summed E-state index contributed by atoms with van der Waals surface area (Å²) in [6.07, 6.45) is 4.96. The summed E-state index contributed by atoms with van der Waals surface area (Å²) in [4.78, 5) is 2.45. The molecule has 1 aromatic rings. The van der Waals surface area contributed by atoms with E-state index in [0.29, 0.717) is 6.04 Å². The first-order valence-electron chi connectivity index (χ1n) is 9.29. The zero-order chi connectivity index (χ0) is 17.4. The molecule has 1 aromatic carbocycles. The summed E-state index contributed by atoms with van der Waals surface area (Å²) in [6, 6.07) is 7.43. The molecule has 0 saturated carbocycles. The molecule has 0 aliphatic carbocycles. The van der Waals surface area contributed by atoms with E-state index in [0.717, 1.165) is 31.9 Å². The fourth-order valence-electron chi connectivity index (χ4n) is 3.48. The third-order valence-electron chi connectivity index (χ3n) is 4.70. The Hall–Kier alpha value is -1.30. The molecule has 2 unspecified atom stereocenters. The van der Waals surface area contributed by atoms with Gasteiger partial charge in [0.2, 0.25) is 5.85 Å². The van der Waals surface area contributed by atoms with E-state index >= 15 is 0 Å². The molecule has 3 N–H and O–H groups in total. The Kier molecular flexibility index (Phi) is 7.34. The lowest BCUT2D eigenvalue weighted by atomic mass is 10.0. The first kappa shape index (κ1) is 19.0. The van der Waals surface area contributed by atoms with Crippen LogP contribution in [0.2, 0.25) is 0 Å². The molecule has 0 spiro atoms. The molecule has 1 aliphatic rings. The van der Waals surface area contributed by atoms with Crippen LogP contribution in [-0.4, -0.2) is 48.1 Å². The predicted molar refractivity (Wildman–Crippen MR) is 98.3 cm³/mol.